The first-order valence-corrected chi connectivity index (χ1v) is 7.84. The molecule has 2 atom stereocenters. The van der Waals surface area contributed by atoms with Gasteiger partial charge in [-0.2, -0.15) is 0 Å². The van der Waals surface area contributed by atoms with Gasteiger partial charge in [0.25, 0.3) is 0 Å². The lowest BCUT2D eigenvalue weighted by Crippen LogP contribution is -2.42. The zero-order valence-electron chi connectivity index (χ0n) is 11.1. The summed E-state index contributed by atoms with van der Waals surface area (Å²) >= 11 is 11.8. The monoisotopic (exact) mass is 307 g/mol. The average molecular weight is 308 g/mol. The van der Waals surface area contributed by atoms with Gasteiger partial charge in [-0.15, -0.1) is 0 Å². The van der Waals surface area contributed by atoms with Gasteiger partial charge in [-0.05, 0) is 30.7 Å². The standard InChI is InChI=1S/C13H19Cl2NOS/c1-13(2,3)12(16-4)8-18(17)9-5-6-10(14)11(15)7-9/h5-7,12,16H,8H2,1-4H3. The molecule has 0 aliphatic heterocycles. The first-order chi connectivity index (χ1) is 8.25. The van der Waals surface area contributed by atoms with Gasteiger partial charge in [-0.3, -0.25) is 4.21 Å². The highest BCUT2D eigenvalue weighted by atomic mass is 35.5. The van der Waals surface area contributed by atoms with Gasteiger partial charge in [0.05, 0.1) is 20.8 Å². The summed E-state index contributed by atoms with van der Waals surface area (Å²) in [6.45, 7) is 6.38. The van der Waals surface area contributed by atoms with Gasteiger partial charge in [-0.1, -0.05) is 44.0 Å². The summed E-state index contributed by atoms with van der Waals surface area (Å²) in [6.07, 6.45) is 0. The molecule has 0 bridgehead atoms. The first kappa shape index (κ1) is 16.0. The average Bonchev–Trinajstić information content (AvgIpc) is 2.27. The first-order valence-electron chi connectivity index (χ1n) is 5.76. The van der Waals surface area contributed by atoms with E-state index in [1.54, 1.807) is 18.2 Å². The highest BCUT2D eigenvalue weighted by molar-refractivity contribution is 7.85. The molecule has 0 radical (unpaired) electrons. The van der Waals surface area contributed by atoms with E-state index in [4.69, 9.17) is 23.2 Å². The van der Waals surface area contributed by atoms with Crippen molar-refractivity contribution in [3.05, 3.63) is 28.2 Å². The Morgan fingerprint density at radius 2 is 1.89 bits per heavy atom. The smallest absolute Gasteiger partial charge is 0.0604 e. The highest BCUT2D eigenvalue weighted by Gasteiger charge is 2.25. The summed E-state index contributed by atoms with van der Waals surface area (Å²) in [7, 11) is 0.807. The molecule has 1 N–H and O–H groups in total. The third-order valence-electron chi connectivity index (χ3n) is 2.87. The number of benzene rings is 1. The van der Waals surface area contributed by atoms with Crippen molar-refractivity contribution >= 4 is 34.0 Å². The van der Waals surface area contributed by atoms with Crippen LogP contribution in [-0.2, 0) is 10.8 Å². The fourth-order valence-electron chi connectivity index (χ4n) is 1.63. The molecular weight excluding hydrogens is 289 g/mol. The normalized spacial score (nSPS) is 15.4. The SMILES string of the molecule is CNC(CS(=O)c1ccc(Cl)c(Cl)c1)C(C)(C)C. The van der Waals surface area contributed by atoms with Crippen LogP contribution in [-0.4, -0.2) is 23.1 Å². The molecule has 102 valence electrons. The molecule has 0 saturated carbocycles. The molecule has 0 heterocycles. The van der Waals surface area contributed by atoms with E-state index in [0.717, 1.165) is 0 Å². The highest BCUT2D eigenvalue weighted by Crippen LogP contribution is 2.26. The Morgan fingerprint density at radius 1 is 1.28 bits per heavy atom. The Kier molecular flexibility index (Phi) is 5.66. The van der Waals surface area contributed by atoms with E-state index in [-0.39, 0.29) is 11.5 Å². The van der Waals surface area contributed by atoms with Crippen molar-refractivity contribution in [2.45, 2.75) is 31.7 Å². The Balaban J connectivity index is 2.85. The zero-order valence-corrected chi connectivity index (χ0v) is 13.4. The minimum Gasteiger partial charge on any atom is -0.316 e. The Labute approximate surface area is 122 Å². The summed E-state index contributed by atoms with van der Waals surface area (Å²) < 4.78 is 12.3. The number of halogens is 2. The summed E-state index contributed by atoms with van der Waals surface area (Å²) in [5.74, 6) is 0.554. The quantitative estimate of drug-likeness (QED) is 0.918. The lowest BCUT2D eigenvalue weighted by molar-refractivity contribution is 0.304. The predicted octanol–water partition coefficient (Wildman–Crippen LogP) is 3.74. The van der Waals surface area contributed by atoms with E-state index in [0.29, 0.717) is 20.7 Å². The summed E-state index contributed by atoms with van der Waals surface area (Å²) in [4.78, 5) is 0.717. The molecule has 18 heavy (non-hydrogen) atoms. The summed E-state index contributed by atoms with van der Waals surface area (Å²) in [6, 6.07) is 5.30. The molecule has 2 unspecified atom stereocenters. The van der Waals surface area contributed by atoms with Crippen LogP contribution in [0.3, 0.4) is 0 Å². The third kappa shape index (κ3) is 4.23. The van der Waals surface area contributed by atoms with Crippen LogP contribution in [0.2, 0.25) is 10.0 Å². The molecule has 1 rings (SSSR count). The van der Waals surface area contributed by atoms with Gasteiger partial charge in [0.2, 0.25) is 0 Å². The Hall–Kier alpha value is -0.0900. The van der Waals surface area contributed by atoms with Crippen LogP contribution < -0.4 is 5.32 Å². The van der Waals surface area contributed by atoms with Crippen molar-refractivity contribution in [2.24, 2.45) is 5.41 Å². The summed E-state index contributed by atoms with van der Waals surface area (Å²) in [5.41, 5.74) is 0.0562. The van der Waals surface area contributed by atoms with Crippen molar-refractivity contribution in [3.8, 4) is 0 Å². The minimum absolute atomic E-state index is 0.0562. The van der Waals surface area contributed by atoms with Crippen LogP contribution in [0.4, 0.5) is 0 Å². The molecule has 0 aromatic heterocycles. The van der Waals surface area contributed by atoms with Crippen molar-refractivity contribution in [3.63, 3.8) is 0 Å². The van der Waals surface area contributed by atoms with Crippen molar-refractivity contribution in [1.29, 1.82) is 0 Å². The van der Waals surface area contributed by atoms with Gasteiger partial charge in [0.1, 0.15) is 0 Å². The number of nitrogens with one attached hydrogen (secondary N) is 1. The van der Waals surface area contributed by atoms with Gasteiger partial charge in [0.15, 0.2) is 0 Å². The topological polar surface area (TPSA) is 29.1 Å². The summed E-state index contributed by atoms with van der Waals surface area (Å²) in [5, 5.41) is 4.14. The second-order valence-electron chi connectivity index (χ2n) is 5.30. The molecule has 0 aliphatic carbocycles. The minimum atomic E-state index is -1.08. The molecule has 0 saturated heterocycles. The lowest BCUT2D eigenvalue weighted by Gasteiger charge is -2.30. The second kappa shape index (κ2) is 6.38. The molecule has 0 aliphatic rings. The second-order valence-corrected chi connectivity index (χ2v) is 7.61. The molecule has 0 fully saturated rings. The number of hydrogen-bond donors (Lipinski definition) is 1. The van der Waals surface area contributed by atoms with Gasteiger partial charge < -0.3 is 5.32 Å². The largest absolute Gasteiger partial charge is 0.316 e. The van der Waals surface area contributed by atoms with E-state index in [2.05, 4.69) is 26.1 Å². The van der Waals surface area contributed by atoms with Crippen LogP contribution in [0, 0.1) is 5.41 Å². The molecule has 0 amide bonds. The van der Waals surface area contributed by atoms with E-state index < -0.39 is 10.8 Å². The van der Waals surface area contributed by atoms with E-state index >= 15 is 0 Å². The predicted molar refractivity (Wildman–Crippen MR) is 80.0 cm³/mol. The van der Waals surface area contributed by atoms with Crippen LogP contribution >= 0.6 is 23.2 Å². The van der Waals surface area contributed by atoms with E-state index in [1.807, 2.05) is 7.05 Å². The fourth-order valence-corrected chi connectivity index (χ4v) is 3.63. The molecule has 5 heteroatoms. The van der Waals surface area contributed by atoms with Crippen LogP contribution in [0.5, 0.6) is 0 Å². The van der Waals surface area contributed by atoms with E-state index in [9.17, 15) is 4.21 Å². The van der Waals surface area contributed by atoms with Crippen molar-refractivity contribution < 1.29 is 4.21 Å². The molecule has 0 spiro atoms. The van der Waals surface area contributed by atoms with E-state index in [1.165, 1.54) is 0 Å². The molecule has 1 aromatic carbocycles. The maximum Gasteiger partial charge on any atom is 0.0604 e. The van der Waals surface area contributed by atoms with Crippen molar-refractivity contribution in [1.82, 2.24) is 5.32 Å². The third-order valence-corrected chi connectivity index (χ3v) is 5.02. The fraction of sp³-hybridized carbons (Fsp3) is 0.538. The van der Waals surface area contributed by atoms with Gasteiger partial charge in [-0.25, -0.2) is 0 Å². The van der Waals surface area contributed by atoms with Crippen LogP contribution in [0.1, 0.15) is 20.8 Å². The number of rotatable bonds is 4. The molecular formula is C13H19Cl2NOS. The maximum absolute atomic E-state index is 12.3. The lowest BCUT2D eigenvalue weighted by atomic mass is 9.88. The van der Waals surface area contributed by atoms with Gasteiger partial charge in [0, 0.05) is 16.7 Å². The van der Waals surface area contributed by atoms with Crippen LogP contribution in [0.25, 0.3) is 0 Å². The van der Waals surface area contributed by atoms with Crippen LogP contribution in [0.15, 0.2) is 23.1 Å². The molecule has 1 aromatic rings. The number of hydrogen-bond acceptors (Lipinski definition) is 2. The maximum atomic E-state index is 12.3. The van der Waals surface area contributed by atoms with Crippen molar-refractivity contribution in [2.75, 3.05) is 12.8 Å². The zero-order chi connectivity index (χ0) is 13.9. The molecule has 2 nitrogen and oxygen atoms in total. The Morgan fingerprint density at radius 3 is 2.33 bits per heavy atom. The Bertz CT molecular complexity index is 443. The van der Waals surface area contributed by atoms with Gasteiger partial charge >= 0.3 is 0 Å².